The summed E-state index contributed by atoms with van der Waals surface area (Å²) >= 11 is 0. The van der Waals surface area contributed by atoms with Crippen LogP contribution in [0.15, 0.2) is 115 Å². The summed E-state index contributed by atoms with van der Waals surface area (Å²) in [6.07, 6.45) is -6.61. The average molecular weight is 529 g/mol. The molecule has 1 fully saturated rings. The number of aliphatic hydroxyl groups excluding tert-OH is 3. The molecule has 1 unspecified atom stereocenters. The predicted molar refractivity (Wildman–Crippen MR) is 145 cm³/mol. The van der Waals surface area contributed by atoms with Gasteiger partial charge in [0.15, 0.2) is 0 Å². The number of benzene rings is 4. The van der Waals surface area contributed by atoms with Crippen LogP contribution in [0, 0.1) is 0 Å². The van der Waals surface area contributed by atoms with Crippen LogP contribution in [0.1, 0.15) is 16.7 Å². The van der Waals surface area contributed by atoms with Gasteiger partial charge in [-0.2, -0.15) is 0 Å². The second-order valence-corrected chi connectivity index (χ2v) is 9.40. The molecule has 1 heterocycles. The van der Waals surface area contributed by atoms with E-state index in [9.17, 15) is 15.3 Å². The van der Waals surface area contributed by atoms with E-state index in [0.717, 1.165) is 16.7 Å². The highest BCUT2D eigenvalue weighted by Crippen LogP contribution is 2.41. The Morgan fingerprint density at radius 2 is 1.08 bits per heavy atom. The van der Waals surface area contributed by atoms with E-state index in [0.29, 0.717) is 11.5 Å². The molecule has 5 atom stereocenters. The Morgan fingerprint density at radius 1 is 0.615 bits per heavy atom. The van der Waals surface area contributed by atoms with Crippen molar-refractivity contribution in [1.82, 2.24) is 0 Å². The second kappa shape index (κ2) is 12.0. The molecule has 1 saturated heterocycles. The fourth-order valence-corrected chi connectivity index (χ4v) is 4.92. The summed E-state index contributed by atoms with van der Waals surface area (Å²) in [4.78, 5) is 0. The molecule has 0 bridgehead atoms. The zero-order valence-corrected chi connectivity index (χ0v) is 21.5. The van der Waals surface area contributed by atoms with Crippen molar-refractivity contribution in [2.45, 2.75) is 36.3 Å². The fraction of sp³-hybridized carbons (Fsp3) is 0.250. The van der Waals surface area contributed by atoms with Gasteiger partial charge >= 0.3 is 0 Å². The minimum absolute atomic E-state index is 0.105. The van der Waals surface area contributed by atoms with E-state index in [1.165, 1.54) is 0 Å². The second-order valence-electron chi connectivity index (χ2n) is 9.40. The maximum atomic E-state index is 10.9. The molecule has 0 saturated carbocycles. The van der Waals surface area contributed by atoms with E-state index < -0.39 is 36.3 Å². The quantitative estimate of drug-likeness (QED) is 0.284. The van der Waals surface area contributed by atoms with Gasteiger partial charge in [-0.25, -0.2) is 0 Å². The molecule has 5 rings (SSSR count). The lowest BCUT2D eigenvalue weighted by Gasteiger charge is -2.42. The molecule has 39 heavy (non-hydrogen) atoms. The summed E-state index contributed by atoms with van der Waals surface area (Å²) in [5.41, 5.74) is 1.62. The standard InChI is InChI=1S/C32H32O7/c1-36-25-17-19-26(20-18-25)38-31-30(35)29(34)28(33)27(39-31)21-37-32(22-11-5-2-6-12-22,23-13-7-3-8-14-23)24-15-9-4-10-16-24/h2-20,27-31,33-35H,21H2,1H3/t27-,28+,29+,30-,31?/m1/s1. The Bertz CT molecular complexity index is 1200. The molecule has 1 aliphatic heterocycles. The maximum Gasteiger partial charge on any atom is 0.229 e. The van der Waals surface area contributed by atoms with Crippen molar-refractivity contribution in [1.29, 1.82) is 0 Å². The van der Waals surface area contributed by atoms with Crippen molar-refractivity contribution >= 4 is 0 Å². The van der Waals surface area contributed by atoms with Crippen molar-refractivity contribution in [2.75, 3.05) is 13.7 Å². The Hall–Kier alpha value is -3.72. The topological polar surface area (TPSA) is 97.6 Å². The molecule has 7 heteroatoms. The van der Waals surface area contributed by atoms with Crippen LogP contribution < -0.4 is 9.47 Å². The molecule has 202 valence electrons. The SMILES string of the molecule is COc1ccc(OC2O[C@H](COC(c3ccccc3)(c3ccccc3)c3ccccc3)[C@H](O)[C@H](O)[C@H]2O)cc1. The van der Waals surface area contributed by atoms with E-state index in [-0.39, 0.29) is 6.61 Å². The number of methoxy groups -OCH3 is 1. The number of aliphatic hydroxyl groups is 3. The smallest absolute Gasteiger partial charge is 0.229 e. The van der Waals surface area contributed by atoms with E-state index >= 15 is 0 Å². The summed E-state index contributed by atoms with van der Waals surface area (Å²) in [5.74, 6) is 1.06. The van der Waals surface area contributed by atoms with E-state index in [2.05, 4.69) is 0 Å². The fourth-order valence-electron chi connectivity index (χ4n) is 4.92. The molecule has 4 aromatic rings. The van der Waals surface area contributed by atoms with Crippen LogP contribution in [0.5, 0.6) is 11.5 Å². The first kappa shape index (κ1) is 26.9. The summed E-state index contributed by atoms with van der Waals surface area (Å²) < 4.78 is 23.8. The highest BCUT2D eigenvalue weighted by Gasteiger charge is 2.47. The summed E-state index contributed by atoms with van der Waals surface area (Å²) in [6, 6.07) is 36.2. The van der Waals surface area contributed by atoms with Crippen molar-refractivity contribution in [2.24, 2.45) is 0 Å². The van der Waals surface area contributed by atoms with Gasteiger partial charge < -0.3 is 34.3 Å². The van der Waals surface area contributed by atoms with Crippen LogP contribution in [0.25, 0.3) is 0 Å². The van der Waals surface area contributed by atoms with Gasteiger partial charge in [-0.1, -0.05) is 91.0 Å². The van der Waals surface area contributed by atoms with Crippen LogP contribution >= 0.6 is 0 Å². The highest BCUT2D eigenvalue weighted by molar-refractivity contribution is 5.47. The van der Waals surface area contributed by atoms with Crippen molar-refractivity contribution in [3.8, 4) is 11.5 Å². The average Bonchev–Trinajstić information content (AvgIpc) is 3.00. The van der Waals surface area contributed by atoms with Gasteiger partial charge in [0.1, 0.15) is 41.5 Å². The Kier molecular flexibility index (Phi) is 8.26. The molecule has 7 nitrogen and oxygen atoms in total. The third-order valence-corrected chi connectivity index (χ3v) is 6.99. The molecule has 0 amide bonds. The van der Waals surface area contributed by atoms with Crippen LogP contribution in [0.2, 0.25) is 0 Å². The van der Waals surface area contributed by atoms with Crippen LogP contribution in [-0.2, 0) is 15.1 Å². The molecule has 0 spiro atoms. The van der Waals surface area contributed by atoms with Crippen LogP contribution in [0.4, 0.5) is 0 Å². The lowest BCUT2D eigenvalue weighted by atomic mass is 9.80. The van der Waals surface area contributed by atoms with Gasteiger partial charge in [0.2, 0.25) is 6.29 Å². The van der Waals surface area contributed by atoms with Gasteiger partial charge in [-0.05, 0) is 41.0 Å². The number of hydrogen-bond acceptors (Lipinski definition) is 7. The van der Waals surface area contributed by atoms with Gasteiger partial charge in [0.25, 0.3) is 0 Å². The van der Waals surface area contributed by atoms with Crippen LogP contribution in [-0.4, -0.2) is 59.7 Å². The lowest BCUT2D eigenvalue weighted by molar-refractivity contribution is -0.283. The summed E-state index contributed by atoms with van der Waals surface area (Å²) in [7, 11) is 1.56. The van der Waals surface area contributed by atoms with Crippen molar-refractivity contribution < 1.29 is 34.3 Å². The first-order valence-electron chi connectivity index (χ1n) is 12.8. The minimum atomic E-state index is -1.50. The molecule has 3 N–H and O–H groups in total. The third-order valence-electron chi connectivity index (χ3n) is 6.99. The zero-order chi connectivity index (χ0) is 27.2. The first-order valence-corrected chi connectivity index (χ1v) is 12.8. The normalized spacial score (nSPS) is 23.2. The van der Waals surface area contributed by atoms with Gasteiger partial charge in [-0.15, -0.1) is 0 Å². The number of hydrogen-bond donors (Lipinski definition) is 3. The Morgan fingerprint density at radius 3 is 1.54 bits per heavy atom. The lowest BCUT2D eigenvalue weighted by Crippen LogP contribution is -2.60. The molecule has 0 radical (unpaired) electrons. The van der Waals surface area contributed by atoms with Gasteiger partial charge in [0.05, 0.1) is 13.7 Å². The highest BCUT2D eigenvalue weighted by atomic mass is 16.7. The summed E-state index contributed by atoms with van der Waals surface area (Å²) in [5, 5.41) is 32.2. The third kappa shape index (κ3) is 5.54. The van der Waals surface area contributed by atoms with Crippen LogP contribution in [0.3, 0.4) is 0 Å². The maximum absolute atomic E-state index is 10.9. The van der Waals surface area contributed by atoms with E-state index in [4.69, 9.17) is 18.9 Å². The van der Waals surface area contributed by atoms with Crippen molar-refractivity contribution in [3.05, 3.63) is 132 Å². The molecule has 0 aromatic heterocycles. The molecular formula is C32H32O7. The Labute approximate surface area is 227 Å². The van der Waals surface area contributed by atoms with Gasteiger partial charge in [0, 0.05) is 0 Å². The van der Waals surface area contributed by atoms with E-state index in [1.807, 2.05) is 91.0 Å². The monoisotopic (exact) mass is 528 g/mol. The molecular weight excluding hydrogens is 496 g/mol. The zero-order valence-electron chi connectivity index (χ0n) is 21.5. The number of rotatable bonds is 9. The Balaban J connectivity index is 1.46. The van der Waals surface area contributed by atoms with Crippen molar-refractivity contribution in [3.63, 3.8) is 0 Å². The minimum Gasteiger partial charge on any atom is -0.497 e. The molecule has 1 aliphatic rings. The first-order chi connectivity index (χ1) is 19.0. The molecule has 4 aromatic carbocycles. The number of ether oxygens (including phenoxy) is 4. The summed E-state index contributed by atoms with van der Waals surface area (Å²) in [6.45, 7) is -0.105. The van der Waals surface area contributed by atoms with E-state index in [1.54, 1.807) is 31.4 Å². The predicted octanol–water partition coefficient (Wildman–Crippen LogP) is 3.89. The largest absolute Gasteiger partial charge is 0.497 e. The molecule has 0 aliphatic carbocycles. The van der Waals surface area contributed by atoms with Gasteiger partial charge in [-0.3, -0.25) is 0 Å².